The number of hydrogen-bond acceptors (Lipinski definition) is 12. The van der Waals surface area contributed by atoms with Gasteiger partial charge in [0.15, 0.2) is 22.6 Å². The molecule has 508 valence electrons. The molecule has 15 rings (SSSR count). The highest BCUT2D eigenvalue weighted by atomic mass is 35.5. The number of carbonyl (C=O) groups is 4. The van der Waals surface area contributed by atoms with E-state index in [1.54, 1.807) is 10.6 Å². The van der Waals surface area contributed by atoms with Crippen molar-refractivity contribution in [1.82, 2.24) is 58.1 Å². The minimum absolute atomic E-state index is 0.00240. The predicted octanol–water partition coefficient (Wildman–Crippen LogP) is 16.2. The number of hydrogen-bond donors (Lipinski definition) is 4. The number of aryl methyl sites for hydroxylation is 4. The number of rotatable bonds is 15. The van der Waals surface area contributed by atoms with Crippen molar-refractivity contribution in [3.63, 3.8) is 0 Å². The summed E-state index contributed by atoms with van der Waals surface area (Å²) in [5, 5.41) is 11.6. The predicted molar refractivity (Wildman–Crippen MR) is 368 cm³/mol. The summed E-state index contributed by atoms with van der Waals surface area (Å²) >= 11 is 5.91. The van der Waals surface area contributed by atoms with Gasteiger partial charge in [0.1, 0.15) is 27.2 Å². The molecule has 4 amide bonds. The summed E-state index contributed by atoms with van der Waals surface area (Å²) in [6.45, 7) is 15.2. The second-order valence-corrected chi connectivity index (χ2v) is 29.5. The molecule has 1 aromatic carbocycles. The van der Waals surface area contributed by atoms with Crippen molar-refractivity contribution in [1.29, 1.82) is 0 Å². The Morgan fingerprint density at radius 1 is 0.521 bits per heavy atom. The zero-order chi connectivity index (χ0) is 68.0. The number of carbonyl (C=O) groups excluding carboxylic acids is 4. The van der Waals surface area contributed by atoms with Crippen LogP contribution in [0, 0.1) is 50.9 Å². The first-order valence-electron chi connectivity index (χ1n) is 34.1. The minimum atomic E-state index is -3.83. The summed E-state index contributed by atoms with van der Waals surface area (Å²) in [5.74, 6) is -0.953. The fraction of sp³-hybridized carbons (Fsp3) is 0.528. The number of halogens is 4. The Morgan fingerprint density at radius 2 is 1.02 bits per heavy atom. The average molecular weight is 1330 g/mol. The van der Waals surface area contributed by atoms with Crippen LogP contribution in [-0.2, 0) is 25.6 Å². The van der Waals surface area contributed by atoms with E-state index < -0.39 is 17.5 Å². The molecule has 6 saturated carbocycles. The molecule has 6 aliphatic rings. The van der Waals surface area contributed by atoms with E-state index >= 15 is 0 Å². The van der Waals surface area contributed by atoms with Crippen molar-refractivity contribution in [2.24, 2.45) is 23.2 Å². The van der Waals surface area contributed by atoms with Crippen molar-refractivity contribution in [3.05, 3.63) is 106 Å². The topological polar surface area (TPSA) is 239 Å². The second-order valence-electron chi connectivity index (χ2n) is 29.1. The third-order valence-corrected chi connectivity index (χ3v) is 20.3. The van der Waals surface area contributed by atoms with Crippen LogP contribution in [0.25, 0.3) is 44.7 Å². The first-order chi connectivity index (χ1) is 45.7. The number of pyridine rings is 4. The Bertz CT molecular complexity index is 4360. The Labute approximate surface area is 562 Å². The molecule has 8 heterocycles. The molecule has 4 unspecified atom stereocenters. The Morgan fingerprint density at radius 3 is 1.52 bits per heavy atom. The quantitative estimate of drug-likeness (QED) is 0.0701. The summed E-state index contributed by atoms with van der Waals surface area (Å²) in [6.07, 6.45) is 25.5. The zero-order valence-corrected chi connectivity index (χ0v) is 57.2. The molecule has 9 aromatic rings. The van der Waals surface area contributed by atoms with Gasteiger partial charge in [0.05, 0.1) is 6.42 Å². The maximum Gasteiger partial charge on any atom is 0.287 e. The molecule has 0 aliphatic heterocycles. The van der Waals surface area contributed by atoms with Gasteiger partial charge in [-0.1, -0.05) is 68.6 Å². The molecule has 24 heteroatoms. The van der Waals surface area contributed by atoms with Gasteiger partial charge in [-0.3, -0.25) is 58.7 Å². The second kappa shape index (κ2) is 27.6. The van der Waals surface area contributed by atoms with Crippen molar-refractivity contribution in [2.45, 2.75) is 220 Å². The highest BCUT2D eigenvalue weighted by molar-refractivity contribution is 6.29. The van der Waals surface area contributed by atoms with Gasteiger partial charge < -0.3 is 0 Å². The van der Waals surface area contributed by atoms with Gasteiger partial charge in [0.2, 0.25) is 47.2 Å². The third-order valence-electron chi connectivity index (χ3n) is 20.1. The molecule has 8 aromatic heterocycles. The van der Waals surface area contributed by atoms with Gasteiger partial charge in [0, 0.05) is 62.5 Å². The number of nitrogens with one attached hydrogen (secondary N) is 4. The largest absolute Gasteiger partial charge is 0.296 e. The highest BCUT2D eigenvalue weighted by Gasteiger charge is 2.54. The van der Waals surface area contributed by atoms with Crippen LogP contribution in [-0.4, -0.2) is 93.4 Å². The smallest absolute Gasteiger partial charge is 0.287 e. The molecule has 6 fully saturated rings. The van der Waals surface area contributed by atoms with Crippen molar-refractivity contribution >= 4 is 104 Å². The van der Waals surface area contributed by atoms with Crippen LogP contribution < -0.4 is 21.3 Å². The van der Waals surface area contributed by atoms with E-state index in [9.17, 15) is 32.3 Å². The fourth-order valence-corrected chi connectivity index (χ4v) is 13.9. The van der Waals surface area contributed by atoms with Crippen LogP contribution in [0.1, 0.15) is 202 Å². The van der Waals surface area contributed by atoms with E-state index in [4.69, 9.17) is 16.6 Å². The molecule has 20 nitrogen and oxygen atoms in total. The summed E-state index contributed by atoms with van der Waals surface area (Å²) in [7, 11) is 0. The normalized spacial score (nSPS) is 19.4. The maximum absolute atomic E-state index is 14.2. The van der Waals surface area contributed by atoms with E-state index in [0.717, 1.165) is 125 Å². The van der Waals surface area contributed by atoms with Gasteiger partial charge >= 0.3 is 0 Å². The van der Waals surface area contributed by atoms with Crippen LogP contribution in [0.3, 0.4) is 0 Å². The summed E-state index contributed by atoms with van der Waals surface area (Å²) in [6, 6.07) is 18.5. The third kappa shape index (κ3) is 14.8. The van der Waals surface area contributed by atoms with Gasteiger partial charge in [0.25, 0.3) is 11.8 Å². The van der Waals surface area contributed by atoms with E-state index in [0.29, 0.717) is 86.2 Å². The molecular weight excluding hydrogens is 1250 g/mol. The SMILES string of the molecule is CC(F)(F)C(C)(F)C(=O)Nc1nc2ccc(Cl)nc2n1C1CCC1.Cc1ccc(CC(=O)Nc2nc3cc(C)cnc3n2C2CCC2)cc1.Cc1ccnc2c1nc(NC(=O)CC(C)(C)C)n2C1CCC1.Cc1cnc2c(c1)nc(NC(=O)CC1CC3CCC1C3)n2C1CCC1. The van der Waals surface area contributed by atoms with Crippen molar-refractivity contribution < 1.29 is 32.3 Å². The van der Waals surface area contributed by atoms with E-state index in [1.165, 1.54) is 56.6 Å². The molecule has 2 bridgehead atoms. The van der Waals surface area contributed by atoms with Crippen LogP contribution in [0.2, 0.25) is 5.15 Å². The first kappa shape index (κ1) is 67.6. The van der Waals surface area contributed by atoms with E-state index in [1.807, 2.05) is 82.7 Å². The molecule has 4 N–H and O–H groups in total. The Balaban J connectivity index is 0.000000122. The summed E-state index contributed by atoms with van der Waals surface area (Å²) in [5.41, 5.74) is 8.23. The standard InChI is InChI=1S/C20H26N4O.C20H22N4O.C17H24N4O.C15H16ClF3N4O/c1-12-7-17-19(21-11-12)24(16-3-2-4-16)20(22-17)23-18(25)10-15-9-13-5-6-14(15)8-13;1-13-6-8-15(9-7-13)11-18(25)23-20-22-17-10-14(2)12-21-19(17)24(20)16-4-3-5-16;1-11-8-9-18-15-14(11)20-16(21(15)12-6-5-7-12)19-13(22)10-17(2,3)4;1-14(17,15(2,18)19)12(24)22-13-20-9-6-7-10(16)21-11(9)23(13)8-4-3-5-8/h7,11,13-16H,2-6,8-10H2,1H3,(H,22,23,25);6-10,12,16H,3-5,11H2,1-2H3,(H,22,23,25);8-9,12H,5-7,10H2,1-4H3,(H,19,20,22);6-8H,3-5H2,1-2H3,(H,20,22,24). The Hall–Kier alpha value is -8.34. The average Bonchev–Trinajstić information content (AvgIpc) is 1.62. The van der Waals surface area contributed by atoms with Crippen molar-refractivity contribution in [3.8, 4) is 0 Å². The molecule has 6 aliphatic carbocycles. The number of imidazole rings is 4. The number of fused-ring (bicyclic) bond motifs is 6. The first-order valence-corrected chi connectivity index (χ1v) is 34.5. The summed E-state index contributed by atoms with van der Waals surface area (Å²) < 4.78 is 48.9. The fourth-order valence-electron chi connectivity index (χ4n) is 13.7. The number of aromatic nitrogens is 12. The zero-order valence-electron chi connectivity index (χ0n) is 56.4. The number of anilines is 4. The number of benzene rings is 1. The van der Waals surface area contributed by atoms with Crippen LogP contribution in [0.15, 0.2) is 73.2 Å². The van der Waals surface area contributed by atoms with Crippen LogP contribution in [0.5, 0.6) is 0 Å². The lowest BCUT2D eigenvalue weighted by atomic mass is 9.86. The van der Waals surface area contributed by atoms with Gasteiger partial charge in [-0.25, -0.2) is 53.0 Å². The van der Waals surface area contributed by atoms with Gasteiger partial charge in [-0.2, -0.15) is 0 Å². The molecule has 0 saturated heterocycles. The van der Waals surface area contributed by atoms with E-state index in [2.05, 4.69) is 96.7 Å². The van der Waals surface area contributed by atoms with E-state index in [-0.39, 0.29) is 40.3 Å². The molecular formula is C72H88ClF3N16O4. The molecule has 4 atom stereocenters. The van der Waals surface area contributed by atoms with Crippen LogP contribution in [0.4, 0.5) is 37.0 Å². The van der Waals surface area contributed by atoms with Gasteiger partial charge in [-0.05, 0) is 207 Å². The van der Waals surface area contributed by atoms with Gasteiger partial charge in [-0.15, -0.1) is 0 Å². The highest BCUT2D eigenvalue weighted by Crippen LogP contribution is 2.50. The monoisotopic (exact) mass is 1330 g/mol. The number of alkyl halides is 3. The number of amides is 4. The molecule has 96 heavy (non-hydrogen) atoms. The lowest BCUT2D eigenvalue weighted by Gasteiger charge is -2.30. The molecule has 0 spiro atoms. The summed E-state index contributed by atoms with van der Waals surface area (Å²) in [4.78, 5) is 85.5. The lowest BCUT2D eigenvalue weighted by Crippen LogP contribution is -2.49. The Kier molecular flexibility index (Phi) is 19.5. The lowest BCUT2D eigenvalue weighted by molar-refractivity contribution is -0.154. The van der Waals surface area contributed by atoms with Crippen molar-refractivity contribution in [2.75, 3.05) is 21.3 Å². The molecule has 0 radical (unpaired) electrons. The maximum atomic E-state index is 14.2. The van der Waals surface area contributed by atoms with Crippen LogP contribution >= 0.6 is 11.6 Å². The minimum Gasteiger partial charge on any atom is -0.296 e. The number of nitrogens with zero attached hydrogens (tertiary/aromatic N) is 12.